The highest BCUT2D eigenvalue weighted by atomic mass is 32.2. The Morgan fingerprint density at radius 1 is 1.24 bits per heavy atom. The van der Waals surface area contributed by atoms with E-state index in [0.717, 1.165) is 17.1 Å². The fraction of sp³-hybridized carbons (Fsp3) is 0.619. The molecular formula is C21H29N3O4S. The summed E-state index contributed by atoms with van der Waals surface area (Å²) >= 11 is 0. The van der Waals surface area contributed by atoms with Crippen LogP contribution in [0, 0.1) is 17.8 Å². The van der Waals surface area contributed by atoms with Crippen LogP contribution in [0.3, 0.4) is 0 Å². The molecule has 3 fully saturated rings. The highest BCUT2D eigenvalue weighted by Gasteiger charge is 2.68. The molecule has 29 heavy (non-hydrogen) atoms. The van der Waals surface area contributed by atoms with Crippen LogP contribution in [0.2, 0.25) is 0 Å². The van der Waals surface area contributed by atoms with Gasteiger partial charge in [-0.25, -0.2) is 12.7 Å². The summed E-state index contributed by atoms with van der Waals surface area (Å²) in [6.07, 6.45) is 1.40. The van der Waals surface area contributed by atoms with Crippen molar-refractivity contribution in [2.45, 2.75) is 38.4 Å². The second kappa shape index (κ2) is 7.18. The van der Waals surface area contributed by atoms with Crippen LogP contribution < -0.4 is 5.32 Å². The van der Waals surface area contributed by atoms with Gasteiger partial charge >= 0.3 is 0 Å². The molecule has 8 heteroatoms. The van der Waals surface area contributed by atoms with Crippen LogP contribution in [-0.4, -0.2) is 66.8 Å². The molecule has 1 N–H and O–H groups in total. The molecular weight excluding hydrogens is 390 g/mol. The van der Waals surface area contributed by atoms with Gasteiger partial charge in [0.2, 0.25) is 15.9 Å². The van der Waals surface area contributed by atoms with E-state index >= 15 is 0 Å². The van der Waals surface area contributed by atoms with E-state index in [4.69, 9.17) is 0 Å². The summed E-state index contributed by atoms with van der Waals surface area (Å²) in [6.45, 7) is 6.33. The molecule has 4 rings (SSSR count). The van der Waals surface area contributed by atoms with E-state index in [0.29, 0.717) is 26.1 Å². The Morgan fingerprint density at radius 3 is 2.48 bits per heavy atom. The lowest BCUT2D eigenvalue weighted by molar-refractivity contribution is -0.141. The molecule has 1 amide bonds. The lowest BCUT2D eigenvalue weighted by atomic mass is 9.74. The third-order valence-electron chi connectivity index (χ3n) is 6.65. The van der Waals surface area contributed by atoms with Crippen molar-refractivity contribution in [1.29, 1.82) is 0 Å². The molecule has 1 aromatic carbocycles. The number of carbonyl (C=O) groups excluding carboxylic acids is 2. The predicted molar refractivity (Wildman–Crippen MR) is 109 cm³/mol. The zero-order valence-corrected chi connectivity index (χ0v) is 18.0. The lowest BCUT2D eigenvalue weighted by Crippen LogP contribution is -2.64. The highest BCUT2D eigenvalue weighted by molar-refractivity contribution is 7.89. The first-order valence-electron chi connectivity index (χ1n) is 10.2. The summed E-state index contributed by atoms with van der Waals surface area (Å²) in [6, 6.07) is 9.62. The summed E-state index contributed by atoms with van der Waals surface area (Å²) in [4.78, 5) is 29.0. The van der Waals surface area contributed by atoms with Gasteiger partial charge in [-0.15, -0.1) is 0 Å². The Bertz CT molecular complexity index is 911. The number of fused-ring (bicyclic) bond motifs is 1. The predicted octanol–water partition coefficient (Wildman–Crippen LogP) is 0.862. The zero-order chi connectivity index (χ0) is 21.0. The Labute approximate surface area is 172 Å². The average molecular weight is 420 g/mol. The van der Waals surface area contributed by atoms with Crippen molar-refractivity contribution in [2.24, 2.45) is 17.8 Å². The van der Waals surface area contributed by atoms with Gasteiger partial charge in [-0.2, -0.15) is 0 Å². The maximum Gasteiger partial charge on any atom is 0.242 e. The maximum atomic E-state index is 13.7. The van der Waals surface area contributed by atoms with Crippen LogP contribution in [0.15, 0.2) is 30.3 Å². The second-order valence-corrected chi connectivity index (χ2v) is 10.8. The molecule has 7 nitrogen and oxygen atoms in total. The first kappa shape index (κ1) is 20.5. The molecule has 1 aromatic rings. The van der Waals surface area contributed by atoms with Gasteiger partial charge in [0.25, 0.3) is 0 Å². The van der Waals surface area contributed by atoms with E-state index in [2.05, 4.69) is 22.3 Å². The van der Waals surface area contributed by atoms with Gasteiger partial charge in [-0.1, -0.05) is 44.2 Å². The topological polar surface area (TPSA) is 86.8 Å². The molecule has 158 valence electrons. The number of ketones is 1. The zero-order valence-electron chi connectivity index (χ0n) is 17.2. The number of carbonyl (C=O) groups is 2. The minimum absolute atomic E-state index is 0.0482. The summed E-state index contributed by atoms with van der Waals surface area (Å²) in [7, 11) is -3.85. The molecule has 3 saturated heterocycles. The summed E-state index contributed by atoms with van der Waals surface area (Å²) in [5.41, 5.74) is -0.0889. The Balaban J connectivity index is 1.58. The number of nitrogens with zero attached hydrogens (tertiary/aromatic N) is 2. The number of nitrogens with one attached hydrogen (secondary N) is 1. The van der Waals surface area contributed by atoms with Gasteiger partial charge in [-0.05, 0) is 24.4 Å². The van der Waals surface area contributed by atoms with Gasteiger partial charge < -0.3 is 5.32 Å². The van der Waals surface area contributed by atoms with E-state index in [1.807, 2.05) is 32.0 Å². The fourth-order valence-corrected chi connectivity index (χ4v) is 6.77. The van der Waals surface area contributed by atoms with Crippen molar-refractivity contribution < 1.29 is 18.0 Å². The standard InChI is InChI=1S/C21H29N3O4S/c1-14(2)17-18-21(9-10-22-18,24(20(17)26)29(3,27)28)19(25)16-12-23(13-16)11-15-7-5-4-6-8-15/h4-8,14,16-18,22H,9-13H2,1-3H3/t17-,18-,21+/m1/s1. The van der Waals surface area contributed by atoms with Gasteiger partial charge in [0, 0.05) is 25.6 Å². The largest absolute Gasteiger partial charge is 0.310 e. The van der Waals surface area contributed by atoms with Crippen LogP contribution in [0.4, 0.5) is 0 Å². The first-order valence-corrected chi connectivity index (χ1v) is 12.1. The summed E-state index contributed by atoms with van der Waals surface area (Å²) < 4.78 is 26.2. The van der Waals surface area contributed by atoms with Crippen LogP contribution in [0.1, 0.15) is 25.8 Å². The van der Waals surface area contributed by atoms with Crippen molar-refractivity contribution in [2.75, 3.05) is 25.9 Å². The number of hydrogen-bond donors (Lipinski definition) is 1. The summed E-state index contributed by atoms with van der Waals surface area (Å²) in [5.74, 6) is -1.33. The maximum absolute atomic E-state index is 13.7. The van der Waals surface area contributed by atoms with Crippen LogP contribution in [0.25, 0.3) is 0 Å². The number of rotatable bonds is 6. The van der Waals surface area contributed by atoms with Crippen LogP contribution in [0.5, 0.6) is 0 Å². The lowest BCUT2D eigenvalue weighted by Gasteiger charge is -2.44. The molecule has 0 aliphatic carbocycles. The van der Waals surface area contributed by atoms with Crippen LogP contribution >= 0.6 is 0 Å². The molecule has 3 heterocycles. The molecule has 0 unspecified atom stereocenters. The monoisotopic (exact) mass is 419 g/mol. The van der Waals surface area contributed by atoms with Crippen molar-refractivity contribution in [3.8, 4) is 0 Å². The Kier molecular flexibility index (Phi) is 5.07. The average Bonchev–Trinajstić information content (AvgIpc) is 3.12. The highest BCUT2D eigenvalue weighted by Crippen LogP contribution is 2.47. The number of likely N-dealkylation sites (tertiary alicyclic amines) is 1. The molecule has 3 atom stereocenters. The van der Waals surface area contributed by atoms with Gasteiger partial charge in [0.05, 0.1) is 18.2 Å². The van der Waals surface area contributed by atoms with Crippen LogP contribution in [-0.2, 0) is 26.2 Å². The molecule has 0 aromatic heterocycles. The molecule has 0 radical (unpaired) electrons. The van der Waals surface area contributed by atoms with E-state index < -0.39 is 33.4 Å². The van der Waals surface area contributed by atoms with E-state index in [1.54, 1.807) is 0 Å². The van der Waals surface area contributed by atoms with Crippen molar-refractivity contribution >= 4 is 21.7 Å². The number of amides is 1. The minimum Gasteiger partial charge on any atom is -0.310 e. The SMILES string of the molecule is CC(C)[C@H]1C(=O)N(S(C)(=O)=O)[C@@]2(C(=O)C3CN(Cc4ccccc4)C3)CCN[C@H]12. The molecule has 0 saturated carbocycles. The van der Waals surface area contributed by atoms with E-state index in [1.165, 1.54) is 5.56 Å². The quantitative estimate of drug-likeness (QED) is 0.736. The van der Waals surface area contributed by atoms with Crippen molar-refractivity contribution in [3.63, 3.8) is 0 Å². The minimum atomic E-state index is -3.85. The second-order valence-electron chi connectivity index (χ2n) is 8.98. The smallest absolute Gasteiger partial charge is 0.242 e. The van der Waals surface area contributed by atoms with Crippen molar-refractivity contribution in [1.82, 2.24) is 14.5 Å². The number of sulfonamides is 1. The Morgan fingerprint density at radius 2 is 1.90 bits per heavy atom. The summed E-state index contributed by atoms with van der Waals surface area (Å²) in [5, 5.41) is 3.30. The molecule has 0 bridgehead atoms. The number of benzene rings is 1. The number of Topliss-reactive ketones (excluding diaryl/α,β-unsaturated/α-hetero) is 1. The van der Waals surface area contributed by atoms with Gasteiger partial charge in [0.1, 0.15) is 5.54 Å². The molecule has 0 spiro atoms. The third kappa shape index (κ3) is 3.21. The van der Waals surface area contributed by atoms with Crippen molar-refractivity contribution in [3.05, 3.63) is 35.9 Å². The fourth-order valence-electron chi connectivity index (χ4n) is 5.43. The van der Waals surface area contributed by atoms with Gasteiger partial charge in [-0.3, -0.25) is 14.5 Å². The van der Waals surface area contributed by atoms with E-state index in [-0.39, 0.29) is 17.6 Å². The molecule has 3 aliphatic rings. The Hall–Kier alpha value is -1.77. The number of hydrogen-bond acceptors (Lipinski definition) is 6. The first-order chi connectivity index (χ1) is 13.7. The molecule has 3 aliphatic heterocycles. The third-order valence-corrected chi connectivity index (χ3v) is 7.81. The van der Waals surface area contributed by atoms with Gasteiger partial charge in [0.15, 0.2) is 5.78 Å². The normalized spacial score (nSPS) is 30.6. The van der Waals surface area contributed by atoms with E-state index in [9.17, 15) is 18.0 Å².